The van der Waals surface area contributed by atoms with Gasteiger partial charge >= 0.3 is 0 Å². The molecule has 2 nitrogen and oxygen atoms in total. The van der Waals surface area contributed by atoms with Crippen molar-refractivity contribution in [1.82, 2.24) is 5.32 Å². The van der Waals surface area contributed by atoms with Crippen molar-refractivity contribution in [2.24, 2.45) is 5.92 Å². The summed E-state index contributed by atoms with van der Waals surface area (Å²) in [5.74, 6) is 0.737. The number of ether oxygens (including phenoxy) is 1. The maximum atomic E-state index is 5.52. The van der Waals surface area contributed by atoms with E-state index in [1.54, 1.807) is 0 Å². The van der Waals surface area contributed by atoms with E-state index in [1.165, 1.54) is 6.42 Å². The predicted octanol–water partition coefficient (Wildman–Crippen LogP) is 1.41. The van der Waals surface area contributed by atoms with E-state index in [9.17, 15) is 0 Å². The third-order valence-electron chi connectivity index (χ3n) is 2.33. The van der Waals surface area contributed by atoms with E-state index in [-0.39, 0.29) is 0 Å². The van der Waals surface area contributed by atoms with Crippen LogP contribution in [0.15, 0.2) is 0 Å². The Labute approximate surface area is 69.3 Å². The van der Waals surface area contributed by atoms with Crippen LogP contribution < -0.4 is 5.32 Å². The van der Waals surface area contributed by atoms with E-state index in [1.807, 2.05) is 0 Å². The lowest BCUT2D eigenvalue weighted by molar-refractivity contribution is 0.0747. The number of hydrogen-bond donors (Lipinski definition) is 1. The van der Waals surface area contributed by atoms with Gasteiger partial charge in [0.2, 0.25) is 0 Å². The zero-order valence-electron chi connectivity index (χ0n) is 7.76. The zero-order valence-corrected chi connectivity index (χ0v) is 7.76. The van der Waals surface area contributed by atoms with Crippen molar-refractivity contribution < 1.29 is 4.74 Å². The second-order valence-electron chi connectivity index (χ2n) is 3.57. The molecule has 0 aromatic carbocycles. The molecule has 0 aromatic rings. The van der Waals surface area contributed by atoms with Gasteiger partial charge in [0.05, 0.1) is 6.10 Å². The summed E-state index contributed by atoms with van der Waals surface area (Å²) in [4.78, 5) is 0. The molecule has 0 spiro atoms. The molecule has 66 valence electrons. The molecule has 1 heterocycles. The minimum absolute atomic E-state index is 0.465. The first-order valence-electron chi connectivity index (χ1n) is 4.59. The van der Waals surface area contributed by atoms with Crippen LogP contribution >= 0.6 is 0 Å². The second-order valence-corrected chi connectivity index (χ2v) is 3.57. The van der Waals surface area contributed by atoms with Gasteiger partial charge in [0, 0.05) is 19.2 Å². The summed E-state index contributed by atoms with van der Waals surface area (Å²) in [5, 5.41) is 3.47. The van der Waals surface area contributed by atoms with E-state index in [4.69, 9.17) is 4.74 Å². The quantitative estimate of drug-likeness (QED) is 0.669. The number of rotatable bonds is 3. The molecular formula is C9H19NO. The van der Waals surface area contributed by atoms with E-state index < -0.39 is 0 Å². The molecule has 0 amide bonds. The third kappa shape index (κ3) is 2.46. The SMILES string of the molecule is CCO[C@H]1CN[C@H](C(C)C)C1. The molecule has 2 atom stereocenters. The Hall–Kier alpha value is -0.0800. The molecule has 1 aliphatic rings. The van der Waals surface area contributed by atoms with Crippen LogP contribution in [0.25, 0.3) is 0 Å². The zero-order chi connectivity index (χ0) is 8.27. The van der Waals surface area contributed by atoms with Crippen molar-refractivity contribution in [2.45, 2.75) is 39.3 Å². The molecule has 1 N–H and O–H groups in total. The van der Waals surface area contributed by atoms with Gasteiger partial charge in [-0.2, -0.15) is 0 Å². The summed E-state index contributed by atoms with van der Waals surface area (Å²) >= 11 is 0. The van der Waals surface area contributed by atoms with Crippen LogP contribution in [0.5, 0.6) is 0 Å². The van der Waals surface area contributed by atoms with Gasteiger partial charge in [0.15, 0.2) is 0 Å². The molecular weight excluding hydrogens is 138 g/mol. The van der Waals surface area contributed by atoms with Gasteiger partial charge in [0.1, 0.15) is 0 Å². The topological polar surface area (TPSA) is 21.3 Å². The van der Waals surface area contributed by atoms with E-state index in [2.05, 4.69) is 26.1 Å². The first-order chi connectivity index (χ1) is 5.24. The van der Waals surface area contributed by atoms with Crippen molar-refractivity contribution in [3.8, 4) is 0 Å². The van der Waals surface area contributed by atoms with Gasteiger partial charge in [0.25, 0.3) is 0 Å². The predicted molar refractivity (Wildman–Crippen MR) is 46.7 cm³/mol. The van der Waals surface area contributed by atoms with Gasteiger partial charge in [-0.05, 0) is 19.3 Å². The second kappa shape index (κ2) is 4.07. The van der Waals surface area contributed by atoms with Crippen LogP contribution in [-0.2, 0) is 4.74 Å². The fourth-order valence-electron chi connectivity index (χ4n) is 1.60. The van der Waals surface area contributed by atoms with Crippen LogP contribution in [0.3, 0.4) is 0 Å². The summed E-state index contributed by atoms with van der Waals surface area (Å²) in [6, 6.07) is 0.673. The van der Waals surface area contributed by atoms with Crippen LogP contribution in [0.4, 0.5) is 0 Å². The Morgan fingerprint density at radius 1 is 1.55 bits per heavy atom. The Kier molecular flexibility index (Phi) is 3.34. The van der Waals surface area contributed by atoms with Crippen molar-refractivity contribution in [3.63, 3.8) is 0 Å². The maximum absolute atomic E-state index is 5.52. The molecule has 0 aliphatic carbocycles. The van der Waals surface area contributed by atoms with Crippen molar-refractivity contribution in [2.75, 3.05) is 13.2 Å². The Bertz CT molecular complexity index is 114. The summed E-state index contributed by atoms with van der Waals surface area (Å²) in [7, 11) is 0. The summed E-state index contributed by atoms with van der Waals surface area (Å²) in [6.07, 6.45) is 1.65. The standard InChI is InChI=1S/C9H19NO/c1-4-11-8-5-9(7(2)3)10-6-8/h7-10H,4-6H2,1-3H3/t8-,9+/m1/s1. The van der Waals surface area contributed by atoms with Gasteiger partial charge in [-0.3, -0.25) is 0 Å². The highest BCUT2D eigenvalue weighted by atomic mass is 16.5. The molecule has 2 heteroatoms. The molecule has 0 saturated carbocycles. The normalized spacial score (nSPS) is 31.6. The van der Waals surface area contributed by atoms with Crippen LogP contribution in [-0.4, -0.2) is 25.3 Å². The van der Waals surface area contributed by atoms with Crippen molar-refractivity contribution in [1.29, 1.82) is 0 Å². The first kappa shape index (κ1) is 9.01. The smallest absolute Gasteiger partial charge is 0.0714 e. The Balaban J connectivity index is 2.23. The molecule has 0 radical (unpaired) electrons. The fraction of sp³-hybridized carbons (Fsp3) is 1.00. The minimum Gasteiger partial charge on any atom is -0.377 e. The van der Waals surface area contributed by atoms with Gasteiger partial charge in [-0.25, -0.2) is 0 Å². The molecule has 1 fully saturated rings. The summed E-state index contributed by atoms with van der Waals surface area (Å²) < 4.78 is 5.52. The lowest BCUT2D eigenvalue weighted by Crippen LogP contribution is -2.26. The molecule has 0 bridgehead atoms. The van der Waals surface area contributed by atoms with Crippen molar-refractivity contribution >= 4 is 0 Å². The summed E-state index contributed by atoms with van der Waals surface area (Å²) in [6.45, 7) is 8.45. The van der Waals surface area contributed by atoms with Gasteiger partial charge < -0.3 is 10.1 Å². The van der Waals surface area contributed by atoms with E-state index >= 15 is 0 Å². The molecule has 1 rings (SSSR count). The fourth-order valence-corrected chi connectivity index (χ4v) is 1.60. The van der Waals surface area contributed by atoms with E-state index in [0.29, 0.717) is 12.1 Å². The average Bonchev–Trinajstić information content (AvgIpc) is 2.37. The minimum atomic E-state index is 0.465. The van der Waals surface area contributed by atoms with Crippen LogP contribution in [0.1, 0.15) is 27.2 Å². The van der Waals surface area contributed by atoms with E-state index in [0.717, 1.165) is 19.1 Å². The molecule has 0 unspecified atom stereocenters. The van der Waals surface area contributed by atoms with Gasteiger partial charge in [-0.1, -0.05) is 13.8 Å². The Morgan fingerprint density at radius 2 is 2.27 bits per heavy atom. The monoisotopic (exact) mass is 157 g/mol. The molecule has 1 aliphatic heterocycles. The third-order valence-corrected chi connectivity index (χ3v) is 2.33. The molecule has 1 saturated heterocycles. The lowest BCUT2D eigenvalue weighted by Gasteiger charge is -2.13. The lowest BCUT2D eigenvalue weighted by atomic mass is 10.0. The summed E-state index contributed by atoms with van der Waals surface area (Å²) in [5.41, 5.74) is 0. The van der Waals surface area contributed by atoms with Crippen LogP contribution in [0.2, 0.25) is 0 Å². The molecule has 0 aromatic heterocycles. The maximum Gasteiger partial charge on any atom is 0.0714 e. The Morgan fingerprint density at radius 3 is 2.73 bits per heavy atom. The highest BCUT2D eigenvalue weighted by Gasteiger charge is 2.25. The first-order valence-corrected chi connectivity index (χ1v) is 4.59. The van der Waals surface area contributed by atoms with Crippen LogP contribution in [0, 0.1) is 5.92 Å². The van der Waals surface area contributed by atoms with Crippen molar-refractivity contribution in [3.05, 3.63) is 0 Å². The number of nitrogens with one attached hydrogen (secondary N) is 1. The molecule has 11 heavy (non-hydrogen) atoms. The highest BCUT2D eigenvalue weighted by molar-refractivity contribution is 4.83. The number of hydrogen-bond acceptors (Lipinski definition) is 2. The largest absolute Gasteiger partial charge is 0.377 e. The van der Waals surface area contributed by atoms with Gasteiger partial charge in [-0.15, -0.1) is 0 Å². The highest BCUT2D eigenvalue weighted by Crippen LogP contribution is 2.16. The average molecular weight is 157 g/mol.